The lowest BCUT2D eigenvalue weighted by Crippen LogP contribution is -2.31. The smallest absolute Gasteiger partial charge is 0.220 e. The van der Waals surface area contributed by atoms with Gasteiger partial charge in [-0.2, -0.15) is 5.10 Å². The fourth-order valence-electron chi connectivity index (χ4n) is 2.78. The van der Waals surface area contributed by atoms with Crippen LogP contribution < -0.4 is 5.32 Å². The lowest BCUT2D eigenvalue weighted by atomic mass is 10.0. The molecule has 132 valence electrons. The number of hydrogen-bond acceptors (Lipinski definition) is 3. The molecule has 0 saturated carbocycles. The van der Waals surface area contributed by atoms with E-state index in [0.717, 1.165) is 5.56 Å². The number of Topliss-reactive ketones (excluding diaryl/α,β-unsaturated/α-hetero) is 1. The van der Waals surface area contributed by atoms with E-state index in [2.05, 4.69) is 10.4 Å². The number of rotatable bonds is 8. The Bertz CT molecular complexity index is 830. The Morgan fingerprint density at radius 2 is 1.62 bits per heavy atom. The predicted octanol–water partition coefficient (Wildman–Crippen LogP) is 3.40. The Labute approximate surface area is 152 Å². The van der Waals surface area contributed by atoms with E-state index in [4.69, 9.17) is 0 Å². The molecule has 3 rings (SSSR count). The summed E-state index contributed by atoms with van der Waals surface area (Å²) in [6.45, 7) is 0.537. The lowest BCUT2D eigenvalue weighted by Gasteiger charge is -2.19. The fourth-order valence-corrected chi connectivity index (χ4v) is 2.78. The van der Waals surface area contributed by atoms with E-state index in [0.29, 0.717) is 12.1 Å². The fraction of sp³-hybridized carbons (Fsp3) is 0.190. The largest absolute Gasteiger partial charge is 0.347 e. The van der Waals surface area contributed by atoms with E-state index in [1.807, 2.05) is 60.8 Å². The number of nitrogens with one attached hydrogen (secondary N) is 1. The van der Waals surface area contributed by atoms with Crippen LogP contribution in [0.1, 0.15) is 34.8 Å². The Hall–Kier alpha value is -3.21. The van der Waals surface area contributed by atoms with Crippen molar-refractivity contribution in [3.05, 3.63) is 90.3 Å². The van der Waals surface area contributed by atoms with Gasteiger partial charge in [0, 0.05) is 30.8 Å². The molecular weight excluding hydrogens is 326 g/mol. The third-order valence-electron chi connectivity index (χ3n) is 4.14. The van der Waals surface area contributed by atoms with E-state index >= 15 is 0 Å². The third-order valence-corrected chi connectivity index (χ3v) is 4.14. The summed E-state index contributed by atoms with van der Waals surface area (Å²) in [5.41, 5.74) is 1.64. The maximum atomic E-state index is 12.4. The molecule has 0 bridgehead atoms. The molecule has 0 unspecified atom stereocenters. The van der Waals surface area contributed by atoms with Gasteiger partial charge in [0.15, 0.2) is 5.78 Å². The number of hydrogen-bond donors (Lipinski definition) is 1. The van der Waals surface area contributed by atoms with Crippen molar-refractivity contribution >= 4 is 11.7 Å². The molecule has 0 aliphatic carbocycles. The molecule has 0 radical (unpaired) electrons. The molecule has 5 nitrogen and oxygen atoms in total. The zero-order valence-electron chi connectivity index (χ0n) is 14.4. The van der Waals surface area contributed by atoms with Crippen LogP contribution in [0.15, 0.2) is 79.1 Å². The monoisotopic (exact) mass is 347 g/mol. The molecule has 26 heavy (non-hydrogen) atoms. The SMILES string of the molecule is O=C(CCC(=O)c1ccccc1)N[C@H](Cn1cccn1)c1ccccc1. The number of carbonyl (C=O) groups is 2. The minimum atomic E-state index is -0.199. The van der Waals surface area contributed by atoms with Crippen LogP contribution in [0.4, 0.5) is 0 Å². The highest BCUT2D eigenvalue weighted by Crippen LogP contribution is 2.15. The second-order valence-electron chi connectivity index (χ2n) is 6.05. The maximum Gasteiger partial charge on any atom is 0.220 e. The van der Waals surface area contributed by atoms with Crippen molar-refractivity contribution in [2.24, 2.45) is 0 Å². The van der Waals surface area contributed by atoms with E-state index in [1.54, 1.807) is 23.0 Å². The molecule has 0 spiro atoms. The molecule has 1 N–H and O–H groups in total. The summed E-state index contributed by atoms with van der Waals surface area (Å²) in [5.74, 6) is -0.167. The van der Waals surface area contributed by atoms with Crippen LogP contribution in [0, 0.1) is 0 Å². The molecule has 1 atom stereocenters. The van der Waals surface area contributed by atoms with Gasteiger partial charge >= 0.3 is 0 Å². The van der Waals surface area contributed by atoms with Gasteiger partial charge in [0.1, 0.15) is 0 Å². The van der Waals surface area contributed by atoms with Crippen molar-refractivity contribution in [3.8, 4) is 0 Å². The first-order valence-corrected chi connectivity index (χ1v) is 8.62. The molecule has 0 fully saturated rings. The molecule has 0 aliphatic heterocycles. The van der Waals surface area contributed by atoms with Gasteiger partial charge in [0.2, 0.25) is 5.91 Å². The van der Waals surface area contributed by atoms with E-state index in [1.165, 1.54) is 0 Å². The summed E-state index contributed by atoms with van der Waals surface area (Å²) in [5, 5.41) is 7.24. The van der Waals surface area contributed by atoms with Crippen LogP contribution in [0.25, 0.3) is 0 Å². The molecule has 1 heterocycles. The van der Waals surface area contributed by atoms with Crippen LogP contribution in [0.3, 0.4) is 0 Å². The Kier molecular flexibility index (Phi) is 5.93. The minimum Gasteiger partial charge on any atom is -0.347 e. The average molecular weight is 347 g/mol. The highest BCUT2D eigenvalue weighted by Gasteiger charge is 2.16. The summed E-state index contributed by atoms with van der Waals surface area (Å²) in [6.07, 6.45) is 3.93. The maximum absolute atomic E-state index is 12.4. The highest BCUT2D eigenvalue weighted by atomic mass is 16.2. The van der Waals surface area contributed by atoms with E-state index < -0.39 is 0 Å². The second kappa shape index (κ2) is 8.76. The van der Waals surface area contributed by atoms with Gasteiger partial charge in [-0.25, -0.2) is 0 Å². The number of aromatic nitrogens is 2. The Balaban J connectivity index is 1.61. The summed E-state index contributed by atoms with van der Waals surface area (Å²) in [6, 6.07) is 20.5. The number of ketones is 1. The van der Waals surface area contributed by atoms with Crippen LogP contribution in [0.5, 0.6) is 0 Å². The van der Waals surface area contributed by atoms with Crippen LogP contribution in [-0.2, 0) is 11.3 Å². The zero-order chi connectivity index (χ0) is 18.2. The average Bonchev–Trinajstić information content (AvgIpc) is 3.20. The highest BCUT2D eigenvalue weighted by molar-refractivity contribution is 5.97. The van der Waals surface area contributed by atoms with Crippen molar-refractivity contribution < 1.29 is 9.59 Å². The minimum absolute atomic E-state index is 0.0240. The standard InChI is InChI=1S/C21H21N3O2/c25-20(18-10-5-2-6-11-18)12-13-21(26)23-19(16-24-15-7-14-22-24)17-8-3-1-4-9-17/h1-11,14-15,19H,12-13,16H2,(H,23,26)/t19-/m1/s1. The van der Waals surface area contributed by atoms with E-state index in [-0.39, 0.29) is 30.6 Å². The van der Waals surface area contributed by atoms with Gasteiger partial charge < -0.3 is 5.32 Å². The van der Waals surface area contributed by atoms with Crippen molar-refractivity contribution in [3.63, 3.8) is 0 Å². The first-order valence-electron chi connectivity index (χ1n) is 8.62. The number of amides is 1. The first kappa shape index (κ1) is 17.6. The Morgan fingerprint density at radius 3 is 2.27 bits per heavy atom. The van der Waals surface area contributed by atoms with Crippen molar-refractivity contribution in [2.45, 2.75) is 25.4 Å². The quantitative estimate of drug-likeness (QED) is 0.635. The number of benzene rings is 2. The second-order valence-corrected chi connectivity index (χ2v) is 6.05. The van der Waals surface area contributed by atoms with Crippen molar-refractivity contribution in [1.82, 2.24) is 15.1 Å². The normalized spacial score (nSPS) is 11.7. The van der Waals surface area contributed by atoms with Crippen molar-refractivity contribution in [2.75, 3.05) is 0 Å². The Morgan fingerprint density at radius 1 is 0.923 bits per heavy atom. The molecule has 0 aliphatic rings. The first-order chi connectivity index (χ1) is 12.7. The molecule has 2 aromatic carbocycles. The molecule has 5 heteroatoms. The van der Waals surface area contributed by atoms with Crippen LogP contribution in [-0.4, -0.2) is 21.5 Å². The number of carbonyl (C=O) groups excluding carboxylic acids is 2. The summed E-state index contributed by atoms with van der Waals surface area (Å²) >= 11 is 0. The zero-order valence-corrected chi connectivity index (χ0v) is 14.4. The molecule has 3 aromatic rings. The topological polar surface area (TPSA) is 64.0 Å². The number of nitrogens with zero attached hydrogens (tertiary/aromatic N) is 2. The van der Waals surface area contributed by atoms with Crippen molar-refractivity contribution in [1.29, 1.82) is 0 Å². The van der Waals surface area contributed by atoms with Gasteiger partial charge in [-0.15, -0.1) is 0 Å². The lowest BCUT2D eigenvalue weighted by molar-refractivity contribution is -0.121. The molecular formula is C21H21N3O2. The summed E-state index contributed by atoms with van der Waals surface area (Å²) < 4.78 is 1.78. The van der Waals surface area contributed by atoms with Gasteiger partial charge in [-0.3, -0.25) is 14.3 Å². The summed E-state index contributed by atoms with van der Waals surface area (Å²) in [7, 11) is 0. The summed E-state index contributed by atoms with van der Waals surface area (Å²) in [4.78, 5) is 24.6. The van der Waals surface area contributed by atoms with E-state index in [9.17, 15) is 9.59 Å². The van der Waals surface area contributed by atoms with Gasteiger partial charge in [0.25, 0.3) is 0 Å². The van der Waals surface area contributed by atoms with Crippen LogP contribution >= 0.6 is 0 Å². The molecule has 1 amide bonds. The molecule has 1 aromatic heterocycles. The van der Waals surface area contributed by atoms with Gasteiger partial charge in [-0.1, -0.05) is 60.7 Å². The van der Waals surface area contributed by atoms with Gasteiger partial charge in [-0.05, 0) is 11.6 Å². The third kappa shape index (κ3) is 4.89. The molecule has 0 saturated heterocycles. The van der Waals surface area contributed by atoms with Gasteiger partial charge in [0.05, 0.1) is 12.6 Å². The predicted molar refractivity (Wildman–Crippen MR) is 99.6 cm³/mol. The van der Waals surface area contributed by atoms with Crippen LogP contribution in [0.2, 0.25) is 0 Å².